The summed E-state index contributed by atoms with van der Waals surface area (Å²) in [5, 5.41) is 10.1. The minimum Gasteiger partial charge on any atom is -0.493 e. The van der Waals surface area contributed by atoms with Gasteiger partial charge in [-0.25, -0.2) is 14.2 Å². The van der Waals surface area contributed by atoms with Crippen LogP contribution in [0.4, 0.5) is 21.0 Å². The van der Waals surface area contributed by atoms with Gasteiger partial charge >= 0.3 is 6.09 Å². The van der Waals surface area contributed by atoms with Crippen LogP contribution in [0, 0.1) is 5.82 Å². The van der Waals surface area contributed by atoms with Crippen molar-refractivity contribution in [3.05, 3.63) is 47.8 Å². The second-order valence-electron chi connectivity index (χ2n) is 8.55. The van der Waals surface area contributed by atoms with Crippen molar-refractivity contribution in [2.24, 2.45) is 0 Å². The number of methoxy groups -OCH3 is 2. The Labute approximate surface area is 196 Å². The molecule has 0 saturated carbocycles. The van der Waals surface area contributed by atoms with Crippen molar-refractivity contribution in [2.45, 2.75) is 18.3 Å². The summed E-state index contributed by atoms with van der Waals surface area (Å²) in [5.74, 6) is 1.49. The number of likely N-dealkylation sites (tertiary alicyclic amines) is 1. The summed E-state index contributed by atoms with van der Waals surface area (Å²) in [6.07, 6.45) is 0.239. The monoisotopic (exact) mass is 469 g/mol. The third-order valence-corrected chi connectivity index (χ3v) is 6.55. The first-order chi connectivity index (χ1) is 16.3. The highest BCUT2D eigenvalue weighted by molar-refractivity contribution is 5.91. The molecule has 1 aliphatic rings. The molecule has 3 aromatic rings. The first-order valence-electron chi connectivity index (χ1n) is 10.9. The highest BCUT2D eigenvalue weighted by Gasteiger charge is 2.39. The van der Waals surface area contributed by atoms with E-state index in [1.807, 2.05) is 11.9 Å². The maximum Gasteiger partial charge on any atom is 0.407 e. The van der Waals surface area contributed by atoms with Crippen molar-refractivity contribution >= 4 is 28.8 Å². The van der Waals surface area contributed by atoms with E-state index in [2.05, 4.69) is 4.98 Å². The third-order valence-electron chi connectivity index (χ3n) is 6.55. The molecule has 1 aromatic heterocycles. The van der Waals surface area contributed by atoms with Gasteiger partial charge in [0.15, 0.2) is 11.5 Å². The molecule has 0 atom stereocenters. The molecule has 4 rings (SSSR count). The quantitative estimate of drug-likeness (QED) is 0.564. The number of nitrogens with zero attached hydrogens (tertiary/aromatic N) is 4. The van der Waals surface area contributed by atoms with Crippen molar-refractivity contribution in [1.82, 2.24) is 14.9 Å². The van der Waals surface area contributed by atoms with Gasteiger partial charge in [0.25, 0.3) is 0 Å². The van der Waals surface area contributed by atoms with Gasteiger partial charge in [0, 0.05) is 43.5 Å². The Morgan fingerprint density at radius 2 is 1.76 bits per heavy atom. The van der Waals surface area contributed by atoms with Crippen LogP contribution in [0.1, 0.15) is 18.4 Å². The highest BCUT2D eigenvalue weighted by atomic mass is 19.1. The molecule has 0 unspecified atom stereocenters. The van der Waals surface area contributed by atoms with E-state index in [1.165, 1.54) is 17.0 Å². The molecule has 0 spiro atoms. The van der Waals surface area contributed by atoms with Crippen molar-refractivity contribution in [1.29, 1.82) is 0 Å². The Morgan fingerprint density at radius 1 is 1.15 bits per heavy atom. The summed E-state index contributed by atoms with van der Waals surface area (Å²) in [7, 11) is 4.97. The van der Waals surface area contributed by atoms with E-state index in [4.69, 9.17) is 20.2 Å². The number of carboxylic acid groups (broad SMARTS) is 1. The minimum atomic E-state index is -0.934. The molecule has 10 heteroatoms. The van der Waals surface area contributed by atoms with Crippen molar-refractivity contribution < 1.29 is 23.8 Å². The predicted molar refractivity (Wildman–Crippen MR) is 127 cm³/mol. The molecular weight excluding hydrogens is 441 g/mol. The maximum atomic E-state index is 13.6. The Balaban J connectivity index is 1.69. The molecule has 2 heterocycles. The number of hydrogen-bond donors (Lipinski definition) is 2. The third kappa shape index (κ3) is 4.35. The zero-order valence-corrected chi connectivity index (χ0v) is 19.4. The summed E-state index contributed by atoms with van der Waals surface area (Å²) in [6, 6.07) is 9.91. The lowest BCUT2D eigenvalue weighted by atomic mass is 9.72. The minimum absolute atomic E-state index is 0.310. The second-order valence-corrected chi connectivity index (χ2v) is 8.55. The Kier molecular flexibility index (Phi) is 6.32. The van der Waals surface area contributed by atoms with Crippen LogP contribution in [0.3, 0.4) is 0 Å². The number of halogens is 1. The van der Waals surface area contributed by atoms with Gasteiger partial charge in [-0.3, -0.25) is 0 Å². The topological polar surface area (TPSA) is 114 Å². The fourth-order valence-electron chi connectivity index (χ4n) is 4.63. The van der Waals surface area contributed by atoms with Gasteiger partial charge in [-0.1, -0.05) is 12.1 Å². The number of amides is 1. The normalized spacial score (nSPS) is 15.2. The molecule has 1 aliphatic heterocycles. The van der Waals surface area contributed by atoms with Gasteiger partial charge in [0.2, 0.25) is 5.95 Å². The van der Waals surface area contributed by atoms with Gasteiger partial charge in [-0.15, -0.1) is 0 Å². The van der Waals surface area contributed by atoms with Gasteiger partial charge in [0.1, 0.15) is 11.6 Å². The van der Waals surface area contributed by atoms with Crippen LogP contribution in [0.5, 0.6) is 11.5 Å². The van der Waals surface area contributed by atoms with Crippen LogP contribution in [0.25, 0.3) is 10.9 Å². The summed E-state index contributed by atoms with van der Waals surface area (Å²) in [4.78, 5) is 24.0. The first kappa shape index (κ1) is 23.3. The smallest absolute Gasteiger partial charge is 0.407 e. The SMILES string of the molecule is COc1cc2nc(N(C)CC3(c4ccc(F)cc4)CCN(C(=O)O)CC3)nc(N)c2cc1OC. The number of likely N-dealkylation sites (N-methyl/N-ethyl adjacent to an activating group) is 1. The standard InChI is InChI=1S/C24H28FN5O4/c1-29(22-27-18-13-20(34-3)19(33-2)12-17(18)21(26)28-22)14-24(15-4-6-16(25)7-5-15)8-10-30(11-9-24)23(31)32/h4-7,12-13H,8-11,14H2,1-3H3,(H,31,32)(H2,26,27,28). The molecule has 3 N–H and O–H groups in total. The summed E-state index contributed by atoms with van der Waals surface area (Å²) < 4.78 is 24.4. The van der Waals surface area contributed by atoms with Crippen molar-refractivity contribution in [3.8, 4) is 11.5 Å². The van der Waals surface area contributed by atoms with Crippen LogP contribution in [0.2, 0.25) is 0 Å². The number of carbonyl (C=O) groups is 1. The number of hydrogen-bond acceptors (Lipinski definition) is 7. The number of nitrogen functional groups attached to an aromatic ring is 1. The van der Waals surface area contributed by atoms with E-state index < -0.39 is 11.5 Å². The van der Waals surface area contributed by atoms with E-state index >= 15 is 0 Å². The predicted octanol–water partition coefficient (Wildman–Crippen LogP) is 3.52. The van der Waals surface area contributed by atoms with Gasteiger partial charge in [-0.05, 0) is 36.6 Å². The number of fused-ring (bicyclic) bond motifs is 1. The molecular formula is C24H28FN5O4. The summed E-state index contributed by atoms with van der Waals surface area (Å²) in [5.41, 5.74) is 7.43. The van der Waals surface area contributed by atoms with E-state index in [0.29, 0.717) is 66.6 Å². The number of ether oxygens (including phenoxy) is 2. The molecule has 180 valence electrons. The molecule has 1 saturated heterocycles. The largest absolute Gasteiger partial charge is 0.493 e. The second kappa shape index (κ2) is 9.20. The Bertz CT molecular complexity index is 1200. The fourth-order valence-corrected chi connectivity index (χ4v) is 4.63. The summed E-state index contributed by atoms with van der Waals surface area (Å²) >= 11 is 0. The van der Waals surface area contributed by atoms with Crippen molar-refractivity contribution in [3.63, 3.8) is 0 Å². The number of aromatic nitrogens is 2. The molecule has 0 bridgehead atoms. The lowest BCUT2D eigenvalue weighted by Crippen LogP contribution is -2.49. The molecule has 1 amide bonds. The van der Waals surface area contributed by atoms with Crippen LogP contribution >= 0.6 is 0 Å². The van der Waals surface area contributed by atoms with Crippen LogP contribution in [0.15, 0.2) is 36.4 Å². The van der Waals surface area contributed by atoms with Gasteiger partial charge in [0.05, 0.1) is 19.7 Å². The Morgan fingerprint density at radius 3 is 2.35 bits per heavy atom. The average Bonchev–Trinajstić information content (AvgIpc) is 2.83. The lowest BCUT2D eigenvalue weighted by molar-refractivity contribution is 0.117. The van der Waals surface area contributed by atoms with E-state index in [0.717, 1.165) is 5.56 Å². The number of rotatable bonds is 6. The van der Waals surface area contributed by atoms with Crippen molar-refractivity contribution in [2.75, 3.05) is 51.5 Å². The molecule has 0 aliphatic carbocycles. The number of nitrogens with two attached hydrogens (primary N) is 1. The number of anilines is 2. The zero-order valence-electron chi connectivity index (χ0n) is 19.4. The number of piperidine rings is 1. The molecule has 1 fully saturated rings. The lowest BCUT2D eigenvalue weighted by Gasteiger charge is -2.43. The fraction of sp³-hybridized carbons (Fsp3) is 0.375. The first-order valence-corrected chi connectivity index (χ1v) is 10.9. The molecule has 2 aromatic carbocycles. The average molecular weight is 470 g/mol. The Hall–Kier alpha value is -3.82. The highest BCUT2D eigenvalue weighted by Crippen LogP contribution is 2.38. The maximum absolute atomic E-state index is 13.6. The van der Waals surface area contributed by atoms with Gasteiger partial charge in [-0.2, -0.15) is 4.98 Å². The molecule has 34 heavy (non-hydrogen) atoms. The van der Waals surface area contributed by atoms with Crippen LogP contribution in [-0.2, 0) is 5.41 Å². The molecule has 0 radical (unpaired) electrons. The summed E-state index contributed by atoms with van der Waals surface area (Å²) in [6.45, 7) is 1.28. The van der Waals surface area contributed by atoms with E-state index in [1.54, 1.807) is 38.5 Å². The number of benzene rings is 2. The van der Waals surface area contributed by atoms with Gasteiger partial charge < -0.3 is 30.1 Å². The zero-order chi connectivity index (χ0) is 24.5. The van der Waals surface area contributed by atoms with E-state index in [9.17, 15) is 14.3 Å². The molecule has 9 nitrogen and oxygen atoms in total. The van der Waals surface area contributed by atoms with Crippen LogP contribution in [-0.4, -0.2) is 67.0 Å². The van der Waals surface area contributed by atoms with Crippen LogP contribution < -0.4 is 20.1 Å². The van der Waals surface area contributed by atoms with E-state index in [-0.39, 0.29) is 5.82 Å².